The number of ether oxygens (including phenoxy) is 3. The van der Waals surface area contributed by atoms with E-state index >= 15 is 8.78 Å². The third-order valence-electron chi connectivity index (χ3n) is 11.7. The summed E-state index contributed by atoms with van der Waals surface area (Å²) in [5.74, 6) is -3.54. The molecule has 0 unspecified atom stereocenters. The van der Waals surface area contributed by atoms with Crippen LogP contribution in [0.2, 0.25) is 0 Å². The summed E-state index contributed by atoms with van der Waals surface area (Å²) in [7, 11) is -3.97. The lowest BCUT2D eigenvalue weighted by Gasteiger charge is -2.39. The lowest BCUT2D eigenvalue weighted by Crippen LogP contribution is -2.61. The number of nitrogens with zero attached hydrogens (tertiary/aromatic N) is 4. The summed E-state index contributed by atoms with van der Waals surface area (Å²) < 4.78 is 72.4. The number of thiophene rings is 1. The molecule has 3 saturated heterocycles. The molecule has 0 bridgehead atoms. The Morgan fingerprint density at radius 3 is 2.05 bits per heavy atom. The molecule has 0 radical (unpaired) electrons. The molecule has 21 heteroatoms. The van der Waals surface area contributed by atoms with Crippen molar-refractivity contribution in [1.29, 1.82) is 0 Å². The largest absolute Gasteiger partial charge is 0.438 e. The van der Waals surface area contributed by atoms with Crippen LogP contribution in [-0.4, -0.2) is 124 Å². The molecular formula is C45H58F2N5O12PS. The summed E-state index contributed by atoms with van der Waals surface area (Å²) in [5.41, 5.74) is -5.71. The summed E-state index contributed by atoms with van der Waals surface area (Å²) in [5, 5.41) is 2.89. The van der Waals surface area contributed by atoms with Crippen molar-refractivity contribution in [2.75, 3.05) is 69.8 Å². The van der Waals surface area contributed by atoms with Gasteiger partial charge in [0.1, 0.15) is 12.1 Å². The van der Waals surface area contributed by atoms with Crippen LogP contribution in [0.5, 0.6) is 0 Å². The number of carbonyl (C=O) groups is 6. The highest BCUT2D eigenvalue weighted by molar-refractivity contribution is 7.54. The number of morpholine rings is 1. The zero-order valence-electron chi connectivity index (χ0n) is 38.4. The number of rotatable bonds is 13. The number of anilines is 2. The van der Waals surface area contributed by atoms with Gasteiger partial charge >= 0.3 is 25.2 Å². The fourth-order valence-corrected chi connectivity index (χ4v) is 9.91. The second-order valence-electron chi connectivity index (χ2n) is 18.5. The van der Waals surface area contributed by atoms with Gasteiger partial charge < -0.3 is 39.1 Å². The molecule has 1 aromatic heterocycles. The molecule has 360 valence electrons. The number of nitrogens with one attached hydrogen (secondary N) is 1. The zero-order valence-corrected chi connectivity index (χ0v) is 40.1. The smallest absolute Gasteiger partial charge is 0.410 e. The average molecular weight is 962 g/mol. The van der Waals surface area contributed by atoms with Crippen molar-refractivity contribution in [2.24, 2.45) is 10.8 Å². The number of hydrogen-bond donors (Lipinski definition) is 1. The van der Waals surface area contributed by atoms with Gasteiger partial charge in [-0.3, -0.25) is 42.4 Å². The Bertz CT molecular complexity index is 2330. The first-order valence-electron chi connectivity index (χ1n) is 21.7. The highest BCUT2D eigenvalue weighted by atomic mass is 32.1. The van der Waals surface area contributed by atoms with Crippen molar-refractivity contribution in [3.63, 3.8) is 0 Å². The second-order valence-corrected chi connectivity index (χ2v) is 21.7. The molecule has 17 nitrogen and oxygen atoms in total. The van der Waals surface area contributed by atoms with E-state index in [1.54, 1.807) is 11.9 Å². The Labute approximate surface area is 386 Å². The SMILES string of the molecule is CC(=O)N1CC[C@H]2CC[C@@H](C(=O)N(C)c3ccc(N4CCOCC4)cc3)N2C(=O)[C@@H](NC(=O)c2cc3cc(C(F)(F)P(=O)(OCOC(=O)C(C)(C)C)OCOC(=O)C(C)(C)C)ccc3s2)C1. The number of hydrogen-bond acceptors (Lipinski definition) is 14. The molecule has 0 spiro atoms. The van der Waals surface area contributed by atoms with Crippen LogP contribution in [0, 0.1) is 10.8 Å². The lowest BCUT2D eigenvalue weighted by molar-refractivity contribution is -0.163. The van der Waals surface area contributed by atoms with Crippen LogP contribution in [0.4, 0.5) is 20.2 Å². The minimum Gasteiger partial charge on any atom is -0.438 e. The monoisotopic (exact) mass is 961 g/mol. The van der Waals surface area contributed by atoms with Gasteiger partial charge in [-0.15, -0.1) is 11.3 Å². The standard InChI is InChI=1S/C45H58F2N5O12PS/c1-28(53)51-18-17-33-14-15-35(40(56)49(8)31-10-12-32(13-11-31)50-19-21-60-22-20-50)52(33)39(55)34(25-51)48-38(54)37-24-29-23-30(9-16-36(29)66-37)45(46,47)65(59,63-26-61-41(57)43(2,3)4)64-27-62-42(58)44(5,6)7/h9-13,16,23-24,33-35H,14-15,17-22,25-27H2,1-8H3,(H,48,54)/t33-,34+,35+/m1/s1. The van der Waals surface area contributed by atoms with E-state index in [-0.39, 0.29) is 41.2 Å². The number of fused-ring (bicyclic) bond motifs is 2. The molecule has 3 aromatic rings. The molecule has 0 aliphatic carbocycles. The molecule has 3 aliphatic heterocycles. The number of esters is 2. The molecule has 3 atom stereocenters. The summed E-state index contributed by atoms with van der Waals surface area (Å²) in [6.07, 6.45) is 1.32. The van der Waals surface area contributed by atoms with Gasteiger partial charge in [0.15, 0.2) is 0 Å². The van der Waals surface area contributed by atoms with Crippen molar-refractivity contribution >= 4 is 76.0 Å². The molecule has 0 saturated carbocycles. The first kappa shape index (κ1) is 50.4. The number of benzene rings is 2. The van der Waals surface area contributed by atoms with Gasteiger partial charge in [-0.1, -0.05) is 6.07 Å². The van der Waals surface area contributed by atoms with Gasteiger partial charge in [0.25, 0.3) is 5.91 Å². The maximum atomic E-state index is 16.4. The number of alkyl halides is 2. The van der Waals surface area contributed by atoms with Crippen LogP contribution >= 0.6 is 18.9 Å². The van der Waals surface area contributed by atoms with E-state index < -0.39 is 79.1 Å². The van der Waals surface area contributed by atoms with E-state index in [0.29, 0.717) is 42.9 Å². The molecular weight excluding hydrogens is 904 g/mol. The number of carbonyl (C=O) groups excluding carboxylic acids is 6. The van der Waals surface area contributed by atoms with Crippen LogP contribution in [0.15, 0.2) is 48.5 Å². The molecule has 4 amide bonds. The third-order valence-corrected chi connectivity index (χ3v) is 14.6. The van der Waals surface area contributed by atoms with Crippen LogP contribution < -0.4 is 15.1 Å². The minimum atomic E-state index is -5.63. The molecule has 4 heterocycles. The predicted molar refractivity (Wildman–Crippen MR) is 241 cm³/mol. The van der Waals surface area contributed by atoms with Crippen molar-refractivity contribution in [3.05, 3.63) is 59.0 Å². The molecule has 1 N–H and O–H groups in total. The maximum Gasteiger partial charge on any atom is 0.410 e. The van der Waals surface area contributed by atoms with Gasteiger partial charge in [-0.25, -0.2) is 0 Å². The minimum absolute atomic E-state index is 0.0272. The van der Waals surface area contributed by atoms with E-state index in [1.165, 1.54) is 70.4 Å². The lowest BCUT2D eigenvalue weighted by atomic mass is 9.98. The second kappa shape index (κ2) is 20.1. The zero-order chi connectivity index (χ0) is 48.4. The van der Waals surface area contributed by atoms with E-state index in [1.807, 2.05) is 24.3 Å². The highest BCUT2D eigenvalue weighted by Gasteiger charge is 2.56. The van der Waals surface area contributed by atoms with E-state index in [0.717, 1.165) is 42.2 Å². The van der Waals surface area contributed by atoms with Gasteiger partial charge in [0.2, 0.25) is 31.3 Å². The van der Waals surface area contributed by atoms with Gasteiger partial charge in [-0.05, 0) is 109 Å². The quantitative estimate of drug-likeness (QED) is 0.111. The molecule has 3 fully saturated rings. The van der Waals surface area contributed by atoms with Crippen molar-refractivity contribution in [2.45, 2.75) is 91.5 Å². The molecule has 6 rings (SSSR count). The summed E-state index contributed by atoms with van der Waals surface area (Å²) in [4.78, 5) is 86.9. The first-order chi connectivity index (χ1) is 30.9. The van der Waals surface area contributed by atoms with Crippen LogP contribution in [0.1, 0.15) is 83.0 Å². The van der Waals surface area contributed by atoms with Gasteiger partial charge in [0.05, 0.1) is 28.9 Å². The Morgan fingerprint density at radius 2 is 1.47 bits per heavy atom. The van der Waals surface area contributed by atoms with Crippen LogP contribution in [0.3, 0.4) is 0 Å². The number of halogens is 2. The van der Waals surface area contributed by atoms with Crippen LogP contribution in [0.25, 0.3) is 10.1 Å². The first-order valence-corrected chi connectivity index (χ1v) is 24.0. The Morgan fingerprint density at radius 1 is 0.864 bits per heavy atom. The van der Waals surface area contributed by atoms with Crippen molar-refractivity contribution < 1.29 is 65.4 Å². The van der Waals surface area contributed by atoms with Crippen molar-refractivity contribution in [1.82, 2.24) is 15.1 Å². The average Bonchev–Trinajstić information content (AvgIpc) is 3.90. The van der Waals surface area contributed by atoms with E-state index in [2.05, 4.69) is 10.2 Å². The maximum absolute atomic E-state index is 16.4. The third kappa shape index (κ3) is 11.2. The summed E-state index contributed by atoms with van der Waals surface area (Å²) in [6.45, 7) is 11.0. The molecule has 2 aromatic carbocycles. The van der Waals surface area contributed by atoms with E-state index in [4.69, 9.17) is 23.3 Å². The highest BCUT2D eigenvalue weighted by Crippen LogP contribution is 2.67. The fraction of sp³-hybridized carbons (Fsp3) is 0.556. The topological polar surface area (TPSA) is 191 Å². The number of amides is 4. The summed E-state index contributed by atoms with van der Waals surface area (Å²) in [6, 6.07) is 9.66. The summed E-state index contributed by atoms with van der Waals surface area (Å²) >= 11 is 0.935. The van der Waals surface area contributed by atoms with Gasteiger partial charge in [-0.2, -0.15) is 8.78 Å². The Kier molecular flexibility index (Phi) is 15.3. The normalized spacial score (nSPS) is 19.8. The molecule has 66 heavy (non-hydrogen) atoms. The number of likely N-dealkylation sites (N-methyl/N-ethyl adjacent to an activating group) is 1. The van der Waals surface area contributed by atoms with Crippen molar-refractivity contribution in [3.8, 4) is 0 Å². The Hall–Kier alpha value is -5.01. The molecule has 3 aliphatic rings. The van der Waals surface area contributed by atoms with Gasteiger partial charge in [0, 0.05) is 67.8 Å². The fourth-order valence-electron chi connectivity index (χ4n) is 7.73. The van der Waals surface area contributed by atoms with Crippen LogP contribution in [-0.2, 0) is 57.5 Å². The predicted octanol–water partition coefficient (Wildman–Crippen LogP) is 6.48. The van der Waals surface area contributed by atoms with E-state index in [9.17, 15) is 33.3 Å². The Balaban J connectivity index is 1.21.